The van der Waals surface area contributed by atoms with Gasteiger partial charge in [0.25, 0.3) is 0 Å². The maximum absolute atomic E-state index is 13.2. The van der Waals surface area contributed by atoms with Crippen LogP contribution in [-0.2, 0) is 32.0 Å². The summed E-state index contributed by atoms with van der Waals surface area (Å²) in [4.78, 5) is 53.7. The van der Waals surface area contributed by atoms with Crippen molar-refractivity contribution in [1.29, 1.82) is 0 Å². The molecule has 39 heavy (non-hydrogen) atoms. The van der Waals surface area contributed by atoms with Crippen LogP contribution in [0.5, 0.6) is 0 Å². The first-order chi connectivity index (χ1) is 18.5. The van der Waals surface area contributed by atoms with Gasteiger partial charge >= 0.3 is 5.97 Å². The molecule has 2 aromatic carbocycles. The average molecular weight is 536 g/mol. The SMILES string of the molecule is CC(C)CC(NC(=O)C(C)NC(=O)C(Cc1ccccc1)NC(=O)C(N)Cc1c[nH]c2ccccc12)C(=O)O. The molecule has 0 aliphatic heterocycles. The zero-order chi connectivity index (χ0) is 28.5. The molecule has 0 aliphatic carbocycles. The lowest BCUT2D eigenvalue weighted by atomic mass is 10.0. The molecule has 10 heteroatoms. The Balaban J connectivity index is 1.68. The Hall–Kier alpha value is -4.18. The van der Waals surface area contributed by atoms with Gasteiger partial charge in [-0.05, 0) is 42.9 Å². The minimum atomic E-state index is -1.14. The molecule has 0 fully saturated rings. The summed E-state index contributed by atoms with van der Waals surface area (Å²) in [5, 5.41) is 18.2. The van der Waals surface area contributed by atoms with Crippen molar-refractivity contribution < 1.29 is 24.3 Å². The minimum Gasteiger partial charge on any atom is -0.480 e. The second kappa shape index (κ2) is 13.6. The number of aromatic nitrogens is 1. The molecule has 0 spiro atoms. The van der Waals surface area contributed by atoms with Gasteiger partial charge in [-0.2, -0.15) is 0 Å². The van der Waals surface area contributed by atoms with E-state index in [4.69, 9.17) is 5.73 Å². The Morgan fingerprint density at radius 1 is 0.821 bits per heavy atom. The Kier molecular flexibility index (Phi) is 10.2. The van der Waals surface area contributed by atoms with E-state index in [2.05, 4.69) is 20.9 Å². The van der Waals surface area contributed by atoms with Crippen molar-refractivity contribution in [3.63, 3.8) is 0 Å². The average Bonchev–Trinajstić information content (AvgIpc) is 3.30. The van der Waals surface area contributed by atoms with Gasteiger partial charge in [-0.25, -0.2) is 4.79 Å². The van der Waals surface area contributed by atoms with Gasteiger partial charge in [-0.15, -0.1) is 0 Å². The number of carboxylic acid groups (broad SMARTS) is 1. The van der Waals surface area contributed by atoms with E-state index in [0.29, 0.717) is 0 Å². The first-order valence-electron chi connectivity index (χ1n) is 13.0. The summed E-state index contributed by atoms with van der Waals surface area (Å²) in [7, 11) is 0. The van der Waals surface area contributed by atoms with Gasteiger partial charge in [0.15, 0.2) is 0 Å². The van der Waals surface area contributed by atoms with Crippen molar-refractivity contribution in [3.8, 4) is 0 Å². The van der Waals surface area contributed by atoms with Crippen LogP contribution in [0.4, 0.5) is 0 Å². The van der Waals surface area contributed by atoms with Crippen LogP contribution in [0, 0.1) is 5.92 Å². The van der Waals surface area contributed by atoms with Gasteiger partial charge in [0, 0.05) is 23.5 Å². The van der Waals surface area contributed by atoms with Crippen LogP contribution in [0.3, 0.4) is 0 Å². The highest BCUT2D eigenvalue weighted by Crippen LogP contribution is 2.19. The number of para-hydroxylation sites is 1. The molecule has 4 unspecified atom stereocenters. The first-order valence-corrected chi connectivity index (χ1v) is 13.0. The predicted octanol–water partition coefficient (Wildman–Crippen LogP) is 1.89. The number of carbonyl (C=O) groups excluding carboxylic acids is 3. The maximum Gasteiger partial charge on any atom is 0.326 e. The van der Waals surface area contributed by atoms with Gasteiger partial charge in [-0.3, -0.25) is 14.4 Å². The van der Waals surface area contributed by atoms with Crippen LogP contribution < -0.4 is 21.7 Å². The molecule has 1 heterocycles. The Bertz CT molecular complexity index is 1290. The van der Waals surface area contributed by atoms with E-state index in [9.17, 15) is 24.3 Å². The number of aromatic amines is 1. The molecule has 7 N–H and O–H groups in total. The molecule has 3 aromatic rings. The normalized spacial score (nSPS) is 14.3. The summed E-state index contributed by atoms with van der Waals surface area (Å²) < 4.78 is 0. The summed E-state index contributed by atoms with van der Waals surface area (Å²) in [5.41, 5.74) is 8.87. The summed E-state index contributed by atoms with van der Waals surface area (Å²) >= 11 is 0. The number of nitrogens with one attached hydrogen (secondary N) is 4. The first kappa shape index (κ1) is 29.4. The number of hydrogen-bond acceptors (Lipinski definition) is 5. The summed E-state index contributed by atoms with van der Waals surface area (Å²) in [6.07, 6.45) is 2.51. The van der Waals surface area contributed by atoms with Crippen molar-refractivity contribution in [1.82, 2.24) is 20.9 Å². The zero-order valence-electron chi connectivity index (χ0n) is 22.4. The van der Waals surface area contributed by atoms with Crippen LogP contribution in [0.25, 0.3) is 10.9 Å². The molecular formula is C29H37N5O5. The third-order valence-corrected chi connectivity index (χ3v) is 6.44. The van der Waals surface area contributed by atoms with Crippen molar-refractivity contribution in [2.75, 3.05) is 0 Å². The largest absolute Gasteiger partial charge is 0.480 e. The van der Waals surface area contributed by atoms with E-state index in [0.717, 1.165) is 22.0 Å². The van der Waals surface area contributed by atoms with Crippen LogP contribution >= 0.6 is 0 Å². The van der Waals surface area contributed by atoms with Crippen LogP contribution in [0.1, 0.15) is 38.3 Å². The number of benzene rings is 2. The molecule has 208 valence electrons. The highest BCUT2D eigenvalue weighted by Gasteiger charge is 2.29. The van der Waals surface area contributed by atoms with Crippen molar-refractivity contribution in [2.24, 2.45) is 11.7 Å². The van der Waals surface area contributed by atoms with Gasteiger partial charge in [0.2, 0.25) is 17.7 Å². The predicted molar refractivity (Wildman–Crippen MR) is 149 cm³/mol. The van der Waals surface area contributed by atoms with Gasteiger partial charge in [0.05, 0.1) is 6.04 Å². The number of rotatable bonds is 13. The topological polar surface area (TPSA) is 166 Å². The Morgan fingerprint density at radius 3 is 2.13 bits per heavy atom. The highest BCUT2D eigenvalue weighted by molar-refractivity contribution is 5.94. The molecule has 0 saturated heterocycles. The van der Waals surface area contributed by atoms with Crippen LogP contribution in [0.15, 0.2) is 60.8 Å². The second-order valence-electron chi connectivity index (χ2n) is 10.2. The summed E-state index contributed by atoms with van der Waals surface area (Å²) in [6.45, 7) is 5.17. The number of hydrogen-bond donors (Lipinski definition) is 6. The molecule has 1 aromatic heterocycles. The number of carboxylic acids is 1. The lowest BCUT2D eigenvalue weighted by Crippen LogP contribution is -2.57. The molecule has 10 nitrogen and oxygen atoms in total. The number of fused-ring (bicyclic) bond motifs is 1. The van der Waals surface area contributed by atoms with E-state index in [-0.39, 0.29) is 25.2 Å². The van der Waals surface area contributed by atoms with Crippen molar-refractivity contribution in [3.05, 3.63) is 71.9 Å². The van der Waals surface area contributed by atoms with E-state index in [1.165, 1.54) is 6.92 Å². The van der Waals surface area contributed by atoms with Crippen LogP contribution in [0.2, 0.25) is 0 Å². The van der Waals surface area contributed by atoms with Crippen molar-refractivity contribution >= 4 is 34.6 Å². The van der Waals surface area contributed by atoms with Gasteiger partial charge in [0.1, 0.15) is 18.1 Å². The van der Waals surface area contributed by atoms with Crippen LogP contribution in [-0.4, -0.2) is 57.9 Å². The fraction of sp³-hybridized carbons (Fsp3) is 0.379. The fourth-order valence-corrected chi connectivity index (χ4v) is 4.34. The Labute approximate surface area is 227 Å². The summed E-state index contributed by atoms with van der Waals surface area (Å²) in [6, 6.07) is 12.8. The second-order valence-corrected chi connectivity index (χ2v) is 10.2. The number of nitrogens with two attached hydrogens (primary N) is 1. The van der Waals surface area contributed by atoms with E-state index >= 15 is 0 Å². The molecular weight excluding hydrogens is 498 g/mol. The minimum absolute atomic E-state index is 0.0511. The maximum atomic E-state index is 13.2. The smallest absolute Gasteiger partial charge is 0.326 e. The lowest BCUT2D eigenvalue weighted by Gasteiger charge is -2.24. The lowest BCUT2D eigenvalue weighted by molar-refractivity contribution is -0.142. The molecule has 0 radical (unpaired) electrons. The van der Waals surface area contributed by atoms with E-state index in [1.54, 1.807) is 0 Å². The number of aliphatic carboxylic acids is 1. The standard InChI is InChI=1S/C29H37N5O5/c1-17(2)13-25(29(38)39)34-26(35)18(3)32-28(37)24(14-19-9-5-4-6-10-19)33-27(36)22(30)15-20-16-31-23-12-8-7-11-21(20)23/h4-12,16-18,22,24-25,31H,13-15,30H2,1-3H3,(H,32,37)(H,33,36)(H,34,35)(H,38,39). The van der Waals surface area contributed by atoms with Crippen molar-refractivity contribution in [2.45, 2.75) is 64.2 Å². The number of carbonyl (C=O) groups is 4. The number of H-pyrrole nitrogens is 1. The Morgan fingerprint density at radius 2 is 1.46 bits per heavy atom. The molecule has 0 bridgehead atoms. The number of amides is 3. The van der Waals surface area contributed by atoms with Gasteiger partial charge < -0.3 is 31.8 Å². The zero-order valence-corrected chi connectivity index (χ0v) is 22.4. The molecule has 0 aliphatic rings. The monoisotopic (exact) mass is 535 g/mol. The van der Waals surface area contributed by atoms with Gasteiger partial charge in [-0.1, -0.05) is 62.4 Å². The quantitative estimate of drug-likeness (QED) is 0.195. The highest BCUT2D eigenvalue weighted by atomic mass is 16.4. The third-order valence-electron chi connectivity index (χ3n) is 6.44. The summed E-state index contributed by atoms with van der Waals surface area (Å²) in [5.74, 6) is -2.80. The molecule has 3 rings (SSSR count). The van der Waals surface area contributed by atoms with E-state index in [1.807, 2.05) is 74.6 Å². The van der Waals surface area contributed by atoms with E-state index < -0.39 is 47.9 Å². The molecule has 0 saturated carbocycles. The fourth-order valence-electron chi connectivity index (χ4n) is 4.34. The third kappa shape index (κ3) is 8.41. The molecule has 3 amide bonds. The molecule has 4 atom stereocenters.